The van der Waals surface area contributed by atoms with Crippen LogP contribution in [0.5, 0.6) is 17.2 Å². The first kappa shape index (κ1) is 23.7. The number of unbranched alkanes of at least 4 members (excludes halogenated alkanes) is 3. The number of hydrogen-bond acceptors (Lipinski definition) is 8. The summed E-state index contributed by atoms with van der Waals surface area (Å²) in [4.78, 5) is 13.0. The molecule has 10 heteroatoms. The molecule has 1 aliphatic rings. The Labute approximate surface area is 202 Å². The van der Waals surface area contributed by atoms with Crippen molar-refractivity contribution in [3.63, 3.8) is 0 Å². The van der Waals surface area contributed by atoms with Crippen LogP contribution in [-0.4, -0.2) is 45.5 Å². The van der Waals surface area contributed by atoms with Crippen molar-refractivity contribution in [1.29, 1.82) is 0 Å². The summed E-state index contributed by atoms with van der Waals surface area (Å²) >= 11 is 5.68. The molecule has 0 radical (unpaired) electrons. The zero-order valence-electron chi connectivity index (χ0n) is 18.6. The topological polar surface area (TPSA) is 125 Å². The van der Waals surface area contributed by atoms with Gasteiger partial charge in [0.2, 0.25) is 5.82 Å². The summed E-state index contributed by atoms with van der Waals surface area (Å²) in [5, 5.41) is 13.6. The molecule has 34 heavy (non-hydrogen) atoms. The number of fused-ring (bicyclic) bond motifs is 1. The van der Waals surface area contributed by atoms with Gasteiger partial charge in [0.25, 0.3) is 5.72 Å². The number of halogens is 1. The number of carbonyl (C=O) groups excluding carboxylic acids is 1. The van der Waals surface area contributed by atoms with Gasteiger partial charge in [-0.2, -0.15) is 5.21 Å². The second-order valence-electron chi connectivity index (χ2n) is 7.87. The van der Waals surface area contributed by atoms with Gasteiger partial charge in [0.15, 0.2) is 17.3 Å². The van der Waals surface area contributed by atoms with Crippen LogP contribution in [-0.2, 0) is 5.72 Å². The summed E-state index contributed by atoms with van der Waals surface area (Å²) in [6, 6.07) is 12.7. The molecule has 3 N–H and O–H groups in total. The van der Waals surface area contributed by atoms with Crippen molar-refractivity contribution in [2.24, 2.45) is 5.73 Å². The number of ether oxygens (including phenoxy) is 3. The maximum absolute atomic E-state index is 13.0. The van der Waals surface area contributed by atoms with Crippen LogP contribution < -0.4 is 19.9 Å². The molecule has 1 atom stereocenters. The fourth-order valence-electron chi connectivity index (χ4n) is 3.45. The number of allylic oxidation sites excluding steroid dienone is 1. The highest BCUT2D eigenvalue weighted by molar-refractivity contribution is 6.17. The summed E-state index contributed by atoms with van der Waals surface area (Å²) in [7, 11) is 0. The highest BCUT2D eigenvalue weighted by Gasteiger charge is 2.41. The van der Waals surface area contributed by atoms with Crippen LogP contribution in [0.25, 0.3) is 6.08 Å². The van der Waals surface area contributed by atoms with Crippen molar-refractivity contribution < 1.29 is 19.0 Å². The maximum Gasteiger partial charge on any atom is 0.257 e. The van der Waals surface area contributed by atoms with Crippen LogP contribution in [0.3, 0.4) is 0 Å². The largest absolute Gasteiger partial charge is 0.494 e. The molecule has 1 aromatic heterocycles. The van der Waals surface area contributed by atoms with Gasteiger partial charge in [-0.15, -0.1) is 21.8 Å². The Bertz CT molecular complexity index is 1120. The van der Waals surface area contributed by atoms with Crippen LogP contribution in [0.4, 0.5) is 0 Å². The number of rotatable bonds is 11. The van der Waals surface area contributed by atoms with Crippen molar-refractivity contribution in [2.45, 2.75) is 31.4 Å². The van der Waals surface area contributed by atoms with Crippen LogP contribution >= 0.6 is 11.6 Å². The predicted molar refractivity (Wildman–Crippen MR) is 127 cm³/mol. The minimum atomic E-state index is -1.46. The van der Waals surface area contributed by atoms with Crippen molar-refractivity contribution in [3.8, 4) is 17.2 Å². The molecule has 1 aliphatic heterocycles. The molecule has 0 aliphatic carbocycles. The highest BCUT2D eigenvalue weighted by atomic mass is 35.5. The number of hydrogen-bond donors (Lipinski definition) is 2. The number of ketones is 1. The van der Waals surface area contributed by atoms with E-state index >= 15 is 0 Å². The van der Waals surface area contributed by atoms with Crippen LogP contribution in [0.1, 0.15) is 47.4 Å². The summed E-state index contributed by atoms with van der Waals surface area (Å²) in [5.41, 5.74) is 6.00. The number of aromatic amines is 1. The predicted octanol–water partition coefficient (Wildman–Crippen LogP) is 3.86. The molecule has 4 rings (SSSR count). The van der Waals surface area contributed by atoms with Gasteiger partial charge in [0, 0.05) is 5.88 Å². The normalized spacial score (nSPS) is 17.1. The molecule has 1 unspecified atom stereocenters. The number of aromatic nitrogens is 4. The molecule has 2 heterocycles. The minimum Gasteiger partial charge on any atom is -0.494 e. The summed E-state index contributed by atoms with van der Waals surface area (Å²) < 4.78 is 17.4. The zero-order chi connectivity index (χ0) is 23.8. The fraction of sp³-hybridized carbons (Fsp3) is 0.333. The second kappa shape index (κ2) is 11.1. The van der Waals surface area contributed by atoms with Gasteiger partial charge in [-0.3, -0.25) is 10.5 Å². The smallest absolute Gasteiger partial charge is 0.257 e. The molecule has 0 bridgehead atoms. The van der Waals surface area contributed by atoms with E-state index in [4.69, 9.17) is 31.5 Å². The van der Waals surface area contributed by atoms with Crippen LogP contribution in [0.15, 0.2) is 48.5 Å². The van der Waals surface area contributed by atoms with Crippen molar-refractivity contribution in [3.05, 3.63) is 65.5 Å². The monoisotopic (exact) mass is 483 g/mol. The van der Waals surface area contributed by atoms with E-state index in [1.165, 1.54) is 6.08 Å². The van der Waals surface area contributed by atoms with E-state index in [-0.39, 0.29) is 24.0 Å². The Morgan fingerprint density at radius 1 is 1.18 bits per heavy atom. The van der Waals surface area contributed by atoms with E-state index in [0.717, 1.165) is 37.0 Å². The summed E-state index contributed by atoms with van der Waals surface area (Å²) in [6.45, 7) is 0.651. The van der Waals surface area contributed by atoms with Gasteiger partial charge < -0.3 is 14.2 Å². The first-order chi connectivity index (χ1) is 16.6. The quantitative estimate of drug-likeness (QED) is 0.182. The van der Waals surface area contributed by atoms with Crippen LogP contribution in [0.2, 0.25) is 0 Å². The first-order valence-electron chi connectivity index (χ1n) is 11.1. The molecule has 0 amide bonds. The van der Waals surface area contributed by atoms with E-state index in [9.17, 15) is 4.79 Å². The molecule has 3 aromatic rings. The second-order valence-corrected chi connectivity index (χ2v) is 8.24. The molecule has 2 aromatic carbocycles. The Hall–Kier alpha value is -3.43. The van der Waals surface area contributed by atoms with Gasteiger partial charge in [-0.05, 0) is 54.0 Å². The molecule has 0 saturated heterocycles. The van der Waals surface area contributed by atoms with E-state index < -0.39 is 5.72 Å². The van der Waals surface area contributed by atoms with E-state index in [0.29, 0.717) is 23.8 Å². The average molecular weight is 484 g/mol. The summed E-state index contributed by atoms with van der Waals surface area (Å²) in [5.74, 6) is 2.05. The molecule has 178 valence electrons. The number of para-hydroxylation sites is 1. The fourth-order valence-corrected chi connectivity index (χ4v) is 3.64. The molecule has 9 nitrogen and oxygen atoms in total. The first-order valence-corrected chi connectivity index (χ1v) is 11.6. The zero-order valence-corrected chi connectivity index (χ0v) is 19.3. The molecule has 0 saturated carbocycles. The molecular formula is C24H26ClN5O4. The van der Waals surface area contributed by atoms with E-state index in [1.807, 2.05) is 24.3 Å². The van der Waals surface area contributed by atoms with E-state index in [2.05, 4.69) is 20.6 Å². The lowest BCUT2D eigenvalue weighted by Crippen LogP contribution is -2.51. The number of tetrazole rings is 1. The molecule has 0 fully saturated rings. The number of alkyl halides is 1. The minimum absolute atomic E-state index is 0.0190. The molecular weight excluding hydrogens is 458 g/mol. The Morgan fingerprint density at radius 3 is 2.76 bits per heavy atom. The number of H-pyrrole nitrogens is 1. The lowest BCUT2D eigenvalue weighted by atomic mass is 10.1. The lowest BCUT2D eigenvalue weighted by Gasteiger charge is -2.33. The number of carbonyl (C=O) groups is 1. The third kappa shape index (κ3) is 5.73. The number of nitrogens with one attached hydrogen (secondary N) is 1. The third-order valence-electron chi connectivity index (χ3n) is 5.30. The van der Waals surface area contributed by atoms with Crippen molar-refractivity contribution in [1.82, 2.24) is 20.6 Å². The van der Waals surface area contributed by atoms with Gasteiger partial charge in [-0.25, -0.2) is 0 Å². The average Bonchev–Trinajstić information content (AvgIpc) is 3.41. The van der Waals surface area contributed by atoms with Crippen molar-refractivity contribution in [2.75, 3.05) is 19.1 Å². The number of nitrogens with two attached hydrogens (primary N) is 1. The Balaban J connectivity index is 1.39. The van der Waals surface area contributed by atoms with E-state index in [1.54, 1.807) is 24.3 Å². The molecule has 0 spiro atoms. The van der Waals surface area contributed by atoms with Crippen molar-refractivity contribution >= 4 is 23.5 Å². The maximum atomic E-state index is 13.0. The Morgan fingerprint density at radius 2 is 2.00 bits per heavy atom. The highest BCUT2D eigenvalue weighted by Crippen LogP contribution is 2.39. The SMILES string of the molecule is NC1(c2nn[nH]n2)COc2cccc(C(=O)C=Cc3ccc(OCCCCCCCl)cc3)c2O1. The third-order valence-corrected chi connectivity index (χ3v) is 5.57. The van der Waals surface area contributed by atoms with Gasteiger partial charge in [0.05, 0.1) is 12.2 Å². The lowest BCUT2D eigenvalue weighted by molar-refractivity contribution is -0.0154. The van der Waals surface area contributed by atoms with Crippen LogP contribution in [0, 0.1) is 0 Å². The van der Waals surface area contributed by atoms with Gasteiger partial charge in [-0.1, -0.05) is 37.1 Å². The van der Waals surface area contributed by atoms with Gasteiger partial charge in [0.1, 0.15) is 12.4 Å². The van der Waals surface area contributed by atoms with Gasteiger partial charge >= 0.3 is 0 Å². The number of benzene rings is 2. The Kier molecular flexibility index (Phi) is 7.76. The summed E-state index contributed by atoms with van der Waals surface area (Å²) in [6.07, 6.45) is 7.47. The standard InChI is InChI=1S/C24H26ClN5O4/c25-14-3-1-2-4-15-32-18-11-8-17(9-12-18)10-13-20(31)19-6-5-7-21-22(19)34-24(26,16-33-21)23-27-29-30-28-23/h5-13H,1-4,14-16,26H2,(H,27,28,29,30). The number of nitrogens with zero attached hydrogens (tertiary/aromatic N) is 3.